The third-order valence-electron chi connectivity index (χ3n) is 9.67. The van der Waals surface area contributed by atoms with Crippen LogP contribution >= 0.6 is 0 Å². The van der Waals surface area contributed by atoms with Gasteiger partial charge in [0.2, 0.25) is 0 Å². The van der Waals surface area contributed by atoms with Crippen LogP contribution in [0.25, 0.3) is 0 Å². The van der Waals surface area contributed by atoms with Gasteiger partial charge in [-0.25, -0.2) is 0 Å². The number of hydrogen-bond acceptors (Lipinski definition) is 4. The summed E-state index contributed by atoms with van der Waals surface area (Å²) >= 11 is 0. The molecule has 0 radical (unpaired) electrons. The summed E-state index contributed by atoms with van der Waals surface area (Å²) in [5.41, 5.74) is 2.82. The second-order valence-corrected chi connectivity index (χ2v) is 12.0. The molecule has 0 heterocycles. The molecule has 8 atom stereocenters. The highest BCUT2D eigenvalue weighted by atomic mass is 16.3. The van der Waals surface area contributed by atoms with Crippen molar-refractivity contribution in [3.8, 4) is 0 Å². The van der Waals surface area contributed by atoms with Crippen molar-refractivity contribution in [3.05, 3.63) is 35.5 Å². The first-order chi connectivity index (χ1) is 15.5. The van der Waals surface area contributed by atoms with E-state index in [1.807, 2.05) is 13.8 Å². The summed E-state index contributed by atoms with van der Waals surface area (Å²) in [6.07, 6.45) is 13.3. The third kappa shape index (κ3) is 5.83. The van der Waals surface area contributed by atoms with E-state index in [-0.39, 0.29) is 12.5 Å². The average molecular weight is 461 g/mol. The predicted octanol–water partition coefficient (Wildman–Crippen LogP) is 5.31. The van der Waals surface area contributed by atoms with Crippen molar-refractivity contribution in [3.63, 3.8) is 0 Å². The molecule has 3 aliphatic carbocycles. The van der Waals surface area contributed by atoms with Crippen LogP contribution in [0.1, 0.15) is 91.9 Å². The lowest BCUT2D eigenvalue weighted by atomic mass is 9.60. The van der Waals surface area contributed by atoms with Crippen LogP contribution < -0.4 is 0 Å². The molecule has 3 rings (SSSR count). The second kappa shape index (κ2) is 10.8. The standard InChI is InChI=1S/C29H48O4/c1-19(8-6-15-29(5,33)20(2)18-30)25-12-13-26-22(9-7-14-28(25,26)4)10-11-23-16-24(31)17-27(32)21(23)3/h10-11,19-20,24-27,30-33H,3,6-9,12-18H2,1-2,4-5H3/b22-10+,23-11-/t19-,20+,24-,25-,26+,27+,28-,29-/m1/s1. The van der Waals surface area contributed by atoms with E-state index < -0.39 is 17.8 Å². The molecule has 3 fully saturated rings. The van der Waals surface area contributed by atoms with Crippen LogP contribution in [0.2, 0.25) is 0 Å². The second-order valence-electron chi connectivity index (χ2n) is 12.0. The minimum atomic E-state index is -0.797. The Labute approximate surface area is 201 Å². The molecule has 4 heteroatoms. The quantitative estimate of drug-likeness (QED) is 0.395. The molecule has 3 saturated carbocycles. The summed E-state index contributed by atoms with van der Waals surface area (Å²) in [6, 6.07) is 0. The van der Waals surface area contributed by atoms with Gasteiger partial charge >= 0.3 is 0 Å². The SMILES string of the molecule is C=C1/C(=C\C=C2/CCC[C@]3(C)[C@@H]([C@H](C)CCC[C@@](C)(O)[C@@H](C)CO)CC[C@@H]23)C[C@@H](O)C[C@@H]1O. The molecular weight excluding hydrogens is 412 g/mol. The van der Waals surface area contributed by atoms with E-state index in [2.05, 4.69) is 32.6 Å². The highest BCUT2D eigenvalue weighted by Crippen LogP contribution is 2.60. The monoisotopic (exact) mass is 460 g/mol. The van der Waals surface area contributed by atoms with Gasteiger partial charge in [-0.15, -0.1) is 0 Å². The van der Waals surface area contributed by atoms with Crippen LogP contribution in [0.5, 0.6) is 0 Å². The molecule has 0 spiro atoms. The Morgan fingerprint density at radius 1 is 1.21 bits per heavy atom. The molecule has 0 saturated heterocycles. The fraction of sp³-hybridized carbons (Fsp3) is 0.793. The van der Waals surface area contributed by atoms with Crippen molar-refractivity contribution < 1.29 is 20.4 Å². The van der Waals surface area contributed by atoms with Gasteiger partial charge in [-0.2, -0.15) is 0 Å². The van der Waals surface area contributed by atoms with Gasteiger partial charge in [0.05, 0.1) is 17.8 Å². The molecule has 0 unspecified atom stereocenters. The molecule has 0 amide bonds. The smallest absolute Gasteiger partial charge is 0.0811 e. The highest BCUT2D eigenvalue weighted by Gasteiger charge is 2.50. The zero-order chi connectivity index (χ0) is 24.4. The molecule has 4 N–H and O–H groups in total. The van der Waals surface area contributed by atoms with Crippen LogP contribution in [-0.2, 0) is 0 Å². The highest BCUT2D eigenvalue weighted by molar-refractivity contribution is 5.38. The number of allylic oxidation sites excluding steroid dienone is 3. The zero-order valence-electron chi connectivity index (χ0n) is 21.4. The van der Waals surface area contributed by atoms with E-state index in [1.54, 1.807) is 0 Å². The van der Waals surface area contributed by atoms with E-state index in [1.165, 1.54) is 31.3 Å². The van der Waals surface area contributed by atoms with Gasteiger partial charge in [0.15, 0.2) is 0 Å². The zero-order valence-corrected chi connectivity index (χ0v) is 21.4. The molecule has 33 heavy (non-hydrogen) atoms. The van der Waals surface area contributed by atoms with E-state index in [4.69, 9.17) is 0 Å². The Balaban J connectivity index is 1.66. The van der Waals surface area contributed by atoms with Crippen LogP contribution in [0, 0.1) is 29.1 Å². The van der Waals surface area contributed by atoms with Gasteiger partial charge in [-0.1, -0.05) is 57.9 Å². The minimum absolute atomic E-state index is 0.0292. The summed E-state index contributed by atoms with van der Waals surface area (Å²) in [4.78, 5) is 0. The topological polar surface area (TPSA) is 80.9 Å². The molecule has 3 aliphatic rings. The van der Waals surface area contributed by atoms with Crippen molar-refractivity contribution >= 4 is 0 Å². The van der Waals surface area contributed by atoms with Gasteiger partial charge in [0.1, 0.15) is 0 Å². The normalized spacial score (nSPS) is 38.8. The first-order valence-electron chi connectivity index (χ1n) is 13.3. The summed E-state index contributed by atoms with van der Waals surface area (Å²) < 4.78 is 0. The Bertz CT molecular complexity index is 751. The largest absolute Gasteiger partial charge is 0.396 e. The fourth-order valence-electron chi connectivity index (χ4n) is 7.11. The molecule has 4 nitrogen and oxygen atoms in total. The summed E-state index contributed by atoms with van der Waals surface area (Å²) in [7, 11) is 0. The van der Waals surface area contributed by atoms with E-state index in [0.29, 0.717) is 36.0 Å². The summed E-state index contributed by atoms with van der Waals surface area (Å²) in [5, 5.41) is 40.3. The molecule has 0 aliphatic heterocycles. The maximum Gasteiger partial charge on any atom is 0.0811 e. The molecular formula is C29H48O4. The van der Waals surface area contributed by atoms with Crippen molar-refractivity contribution in [1.82, 2.24) is 0 Å². The van der Waals surface area contributed by atoms with Crippen molar-refractivity contribution in [2.45, 2.75) is 110 Å². The van der Waals surface area contributed by atoms with Gasteiger partial charge in [0, 0.05) is 18.9 Å². The lowest BCUT2D eigenvalue weighted by Gasteiger charge is -2.44. The van der Waals surface area contributed by atoms with E-state index in [0.717, 1.165) is 36.8 Å². The maximum atomic E-state index is 10.6. The predicted molar refractivity (Wildman–Crippen MR) is 135 cm³/mol. The number of fused-ring (bicyclic) bond motifs is 1. The average Bonchev–Trinajstić information content (AvgIpc) is 3.11. The van der Waals surface area contributed by atoms with Crippen molar-refractivity contribution in [2.75, 3.05) is 6.61 Å². The Hall–Kier alpha value is -0.940. The summed E-state index contributed by atoms with van der Waals surface area (Å²) in [5.74, 6) is 1.84. The lowest BCUT2D eigenvalue weighted by Crippen LogP contribution is -2.37. The summed E-state index contributed by atoms with van der Waals surface area (Å²) in [6.45, 7) is 12.8. The first kappa shape index (κ1) is 26.7. The third-order valence-corrected chi connectivity index (χ3v) is 9.67. The van der Waals surface area contributed by atoms with Gasteiger partial charge in [0.25, 0.3) is 0 Å². The number of aliphatic hydroxyl groups is 4. The van der Waals surface area contributed by atoms with Gasteiger partial charge in [-0.3, -0.25) is 0 Å². The molecule has 0 aromatic heterocycles. The van der Waals surface area contributed by atoms with Gasteiger partial charge in [-0.05, 0) is 86.2 Å². The number of hydrogen-bond donors (Lipinski definition) is 4. The first-order valence-corrected chi connectivity index (χ1v) is 13.3. The van der Waals surface area contributed by atoms with E-state index in [9.17, 15) is 20.4 Å². The molecule has 0 bridgehead atoms. The Morgan fingerprint density at radius 2 is 1.94 bits per heavy atom. The number of rotatable bonds is 8. The molecule has 0 aromatic rings. The number of aliphatic hydroxyl groups excluding tert-OH is 3. The molecule has 188 valence electrons. The van der Waals surface area contributed by atoms with Crippen LogP contribution in [0.3, 0.4) is 0 Å². The van der Waals surface area contributed by atoms with Crippen molar-refractivity contribution in [2.24, 2.45) is 29.1 Å². The van der Waals surface area contributed by atoms with Crippen LogP contribution in [-0.4, -0.2) is 44.8 Å². The fourth-order valence-corrected chi connectivity index (χ4v) is 7.11. The Kier molecular flexibility index (Phi) is 8.70. The maximum absolute atomic E-state index is 10.6. The van der Waals surface area contributed by atoms with E-state index >= 15 is 0 Å². The molecule has 0 aromatic carbocycles. The van der Waals surface area contributed by atoms with Crippen LogP contribution in [0.4, 0.5) is 0 Å². The lowest BCUT2D eigenvalue weighted by molar-refractivity contribution is -0.0263. The Morgan fingerprint density at radius 3 is 2.64 bits per heavy atom. The van der Waals surface area contributed by atoms with Crippen LogP contribution in [0.15, 0.2) is 35.5 Å². The minimum Gasteiger partial charge on any atom is -0.396 e. The van der Waals surface area contributed by atoms with Gasteiger partial charge < -0.3 is 20.4 Å². The van der Waals surface area contributed by atoms with Crippen molar-refractivity contribution in [1.29, 1.82) is 0 Å².